The number of hydrazone groups is 1. The van der Waals surface area contributed by atoms with Crippen molar-refractivity contribution in [3.63, 3.8) is 0 Å². The van der Waals surface area contributed by atoms with Crippen LogP contribution >= 0.6 is 0 Å². The Morgan fingerprint density at radius 3 is 2.46 bits per heavy atom. The van der Waals surface area contributed by atoms with E-state index in [0.717, 1.165) is 6.21 Å². The van der Waals surface area contributed by atoms with Crippen LogP contribution in [0.2, 0.25) is 0 Å². The number of nitro groups is 2. The highest BCUT2D eigenvalue weighted by Gasteiger charge is 2.22. The molecule has 0 aromatic heterocycles. The number of ether oxygens (including phenoxy) is 3. The van der Waals surface area contributed by atoms with Crippen molar-refractivity contribution < 1.29 is 28.9 Å². The van der Waals surface area contributed by atoms with Crippen LogP contribution in [0.4, 0.5) is 11.4 Å². The predicted molar refractivity (Wildman–Crippen MR) is 93.5 cm³/mol. The summed E-state index contributed by atoms with van der Waals surface area (Å²) in [7, 11) is 0. The molecule has 2 aromatic rings. The highest BCUT2D eigenvalue weighted by Crippen LogP contribution is 2.37. The van der Waals surface area contributed by atoms with Gasteiger partial charge in [-0.25, -0.2) is 5.43 Å². The number of benzene rings is 2. The highest BCUT2D eigenvalue weighted by molar-refractivity contribution is 5.88. The molecule has 0 bridgehead atoms. The quantitative estimate of drug-likeness (QED) is 0.427. The van der Waals surface area contributed by atoms with Gasteiger partial charge in [0.1, 0.15) is 5.75 Å². The van der Waals surface area contributed by atoms with Crippen LogP contribution in [0.25, 0.3) is 0 Å². The van der Waals surface area contributed by atoms with E-state index in [9.17, 15) is 25.0 Å². The van der Waals surface area contributed by atoms with Gasteiger partial charge in [-0.05, 0) is 18.2 Å². The Labute approximate surface area is 156 Å². The average molecular weight is 388 g/mol. The lowest BCUT2D eigenvalue weighted by Gasteiger charge is -2.04. The van der Waals surface area contributed by atoms with E-state index in [4.69, 9.17) is 14.2 Å². The van der Waals surface area contributed by atoms with Crippen molar-refractivity contribution in [1.29, 1.82) is 0 Å². The van der Waals surface area contributed by atoms with Crippen LogP contribution in [0.5, 0.6) is 17.2 Å². The molecule has 28 heavy (non-hydrogen) atoms. The zero-order chi connectivity index (χ0) is 20.1. The molecular formula is C16H12N4O8. The smallest absolute Gasteiger partial charge is 0.282 e. The van der Waals surface area contributed by atoms with Crippen LogP contribution in [0.15, 0.2) is 41.5 Å². The molecule has 0 saturated heterocycles. The van der Waals surface area contributed by atoms with Gasteiger partial charge < -0.3 is 14.2 Å². The number of rotatable bonds is 7. The normalized spacial score (nSPS) is 12.0. The van der Waals surface area contributed by atoms with Crippen molar-refractivity contribution >= 4 is 23.5 Å². The van der Waals surface area contributed by atoms with E-state index in [1.807, 2.05) is 0 Å². The summed E-state index contributed by atoms with van der Waals surface area (Å²) < 4.78 is 15.4. The number of nitrogens with one attached hydrogen (secondary N) is 1. The number of carbonyl (C=O) groups is 1. The second kappa shape index (κ2) is 7.99. The third-order valence-corrected chi connectivity index (χ3v) is 3.53. The zero-order valence-corrected chi connectivity index (χ0v) is 14.1. The van der Waals surface area contributed by atoms with Gasteiger partial charge in [0.15, 0.2) is 18.1 Å². The molecule has 0 aliphatic carbocycles. The summed E-state index contributed by atoms with van der Waals surface area (Å²) in [4.78, 5) is 32.3. The van der Waals surface area contributed by atoms with Gasteiger partial charge in [-0.15, -0.1) is 0 Å². The highest BCUT2D eigenvalue weighted by atomic mass is 16.7. The Morgan fingerprint density at radius 1 is 1.14 bits per heavy atom. The van der Waals surface area contributed by atoms with E-state index >= 15 is 0 Å². The van der Waals surface area contributed by atoms with Crippen molar-refractivity contribution in [2.75, 3.05) is 13.4 Å². The number of nitro benzene ring substituents is 2. The molecule has 1 heterocycles. The SMILES string of the molecule is O=C(COc1ccc([N+](=O)[O-])cc1)N/N=C/c1cc2c(cc1[N+](=O)[O-])OCO2. The molecule has 0 spiro atoms. The van der Waals surface area contributed by atoms with Crippen molar-refractivity contribution in [3.05, 3.63) is 62.2 Å². The molecule has 0 radical (unpaired) electrons. The van der Waals surface area contributed by atoms with Gasteiger partial charge in [-0.3, -0.25) is 25.0 Å². The van der Waals surface area contributed by atoms with Crippen LogP contribution in [0.3, 0.4) is 0 Å². The lowest BCUT2D eigenvalue weighted by atomic mass is 10.1. The molecule has 1 aliphatic rings. The summed E-state index contributed by atoms with van der Waals surface area (Å²) >= 11 is 0. The van der Waals surface area contributed by atoms with E-state index in [2.05, 4.69) is 10.5 Å². The summed E-state index contributed by atoms with van der Waals surface area (Å²) in [6.07, 6.45) is 1.10. The number of fused-ring (bicyclic) bond motifs is 1. The predicted octanol–water partition coefficient (Wildman–Crippen LogP) is 1.76. The first kappa shape index (κ1) is 18.6. The second-order valence-corrected chi connectivity index (χ2v) is 5.35. The van der Waals surface area contributed by atoms with Crippen LogP contribution in [-0.4, -0.2) is 35.4 Å². The molecule has 12 nitrogen and oxygen atoms in total. The molecular weight excluding hydrogens is 376 g/mol. The molecule has 3 rings (SSSR count). The molecule has 0 fully saturated rings. The van der Waals surface area contributed by atoms with E-state index in [0.29, 0.717) is 5.75 Å². The van der Waals surface area contributed by atoms with Crippen molar-refractivity contribution in [3.8, 4) is 17.2 Å². The monoisotopic (exact) mass is 388 g/mol. The van der Waals surface area contributed by atoms with Gasteiger partial charge in [-0.2, -0.15) is 5.10 Å². The van der Waals surface area contributed by atoms with Gasteiger partial charge in [0.25, 0.3) is 17.3 Å². The maximum atomic E-state index is 11.8. The van der Waals surface area contributed by atoms with Crippen molar-refractivity contribution in [1.82, 2.24) is 5.43 Å². The summed E-state index contributed by atoms with van der Waals surface area (Å²) in [5.41, 5.74) is 1.92. The Balaban J connectivity index is 1.58. The first-order valence-corrected chi connectivity index (χ1v) is 7.71. The van der Waals surface area contributed by atoms with Gasteiger partial charge in [-0.1, -0.05) is 0 Å². The Hall–Kier alpha value is -4.22. The summed E-state index contributed by atoms with van der Waals surface area (Å²) in [5.74, 6) is 0.221. The Bertz CT molecular complexity index is 958. The van der Waals surface area contributed by atoms with Gasteiger partial charge in [0.2, 0.25) is 6.79 Å². The third-order valence-electron chi connectivity index (χ3n) is 3.53. The Morgan fingerprint density at radius 2 is 1.82 bits per heavy atom. The molecule has 0 saturated carbocycles. The number of non-ortho nitro benzene ring substituents is 1. The molecule has 1 amide bonds. The number of amides is 1. The number of hydrogen-bond donors (Lipinski definition) is 1. The maximum absolute atomic E-state index is 11.8. The molecule has 2 aromatic carbocycles. The second-order valence-electron chi connectivity index (χ2n) is 5.35. The molecule has 1 N–H and O–H groups in total. The van der Waals surface area contributed by atoms with Crippen LogP contribution < -0.4 is 19.6 Å². The summed E-state index contributed by atoms with van der Waals surface area (Å²) in [6.45, 7) is -0.442. The first-order valence-electron chi connectivity index (χ1n) is 7.71. The van der Waals surface area contributed by atoms with Crippen LogP contribution in [0.1, 0.15) is 5.56 Å². The number of hydrogen-bond acceptors (Lipinski definition) is 9. The largest absolute Gasteiger partial charge is 0.484 e. The minimum absolute atomic E-state index is 0.0379. The summed E-state index contributed by atoms with van der Waals surface area (Å²) in [5, 5.41) is 25.4. The molecule has 144 valence electrons. The van der Waals surface area contributed by atoms with Crippen molar-refractivity contribution in [2.24, 2.45) is 5.10 Å². The van der Waals surface area contributed by atoms with Gasteiger partial charge in [0, 0.05) is 12.1 Å². The molecule has 0 atom stereocenters. The van der Waals surface area contributed by atoms with Crippen molar-refractivity contribution in [2.45, 2.75) is 0 Å². The minimum Gasteiger partial charge on any atom is -0.484 e. The van der Waals surface area contributed by atoms with Gasteiger partial charge >= 0.3 is 0 Å². The van der Waals surface area contributed by atoms with Crippen LogP contribution in [0, 0.1) is 20.2 Å². The number of carbonyl (C=O) groups excluding carboxylic acids is 1. The summed E-state index contributed by atoms with van der Waals surface area (Å²) in [6, 6.07) is 7.77. The fourth-order valence-electron chi connectivity index (χ4n) is 2.23. The zero-order valence-electron chi connectivity index (χ0n) is 14.1. The topological polar surface area (TPSA) is 155 Å². The molecule has 0 unspecified atom stereocenters. The fraction of sp³-hybridized carbons (Fsp3) is 0.125. The van der Waals surface area contributed by atoms with E-state index in [-0.39, 0.29) is 35.2 Å². The lowest BCUT2D eigenvalue weighted by Crippen LogP contribution is -2.24. The minimum atomic E-state index is -0.627. The first-order chi connectivity index (χ1) is 13.4. The average Bonchev–Trinajstić information content (AvgIpc) is 3.13. The van der Waals surface area contributed by atoms with E-state index < -0.39 is 22.4 Å². The Kier molecular flexibility index (Phi) is 5.30. The lowest BCUT2D eigenvalue weighted by molar-refractivity contribution is -0.385. The third kappa shape index (κ3) is 4.30. The molecule has 12 heteroatoms. The van der Waals surface area contributed by atoms with Crippen LogP contribution in [-0.2, 0) is 4.79 Å². The maximum Gasteiger partial charge on any atom is 0.282 e. The van der Waals surface area contributed by atoms with E-state index in [1.54, 1.807) is 0 Å². The van der Waals surface area contributed by atoms with Gasteiger partial charge in [0.05, 0.1) is 27.7 Å². The fourth-order valence-corrected chi connectivity index (χ4v) is 2.23. The number of nitrogens with zero attached hydrogens (tertiary/aromatic N) is 3. The standard InChI is InChI=1S/C16H12N4O8/c21-16(8-26-12-3-1-11(2-4-12)19(22)23)18-17-7-10-5-14-15(28-9-27-14)6-13(10)20(24)25/h1-7H,8-9H2,(H,18,21)/b17-7+. The van der Waals surface area contributed by atoms with E-state index in [1.165, 1.54) is 36.4 Å². The molecule has 1 aliphatic heterocycles.